The lowest BCUT2D eigenvalue weighted by molar-refractivity contribution is -0.186. The molecule has 1 amide bonds. The summed E-state index contributed by atoms with van der Waals surface area (Å²) in [5, 5.41) is 2.38. The lowest BCUT2D eigenvalue weighted by Gasteiger charge is -2.35. The maximum atomic E-state index is 13.9. The number of nitrogens with one attached hydrogen (secondary N) is 1. The lowest BCUT2D eigenvalue weighted by Crippen LogP contribution is -2.62. The summed E-state index contributed by atoms with van der Waals surface area (Å²) in [5.74, 6) is -5.69. The molecule has 1 aromatic rings. The van der Waals surface area contributed by atoms with Crippen LogP contribution in [0.1, 0.15) is 51.4 Å². The fourth-order valence-corrected chi connectivity index (χ4v) is 4.69. The highest BCUT2D eigenvalue weighted by atomic mass is 16.6. The largest absolute Gasteiger partial charge is 0.465 e. The zero-order valence-electron chi connectivity index (χ0n) is 23.0. The van der Waals surface area contributed by atoms with Gasteiger partial charge in [-0.25, -0.2) is 0 Å². The number of allylic oxidation sites excluding steroid dienone is 1. The van der Waals surface area contributed by atoms with Gasteiger partial charge in [-0.05, 0) is 19.4 Å². The molecule has 3 rings (SSSR count). The first-order chi connectivity index (χ1) is 18.8. The van der Waals surface area contributed by atoms with Crippen molar-refractivity contribution >= 4 is 35.4 Å². The van der Waals surface area contributed by atoms with Gasteiger partial charge in [0.25, 0.3) is 11.5 Å². The molecule has 0 radical (unpaired) electrons. The third kappa shape index (κ3) is 5.26. The minimum Gasteiger partial charge on any atom is -0.465 e. The number of methoxy groups -OCH3 is 1. The van der Waals surface area contributed by atoms with Crippen LogP contribution in [0.5, 0.6) is 0 Å². The molecule has 0 unspecified atom stereocenters. The molecule has 1 spiro atoms. The quantitative estimate of drug-likeness (QED) is 0.147. The Kier molecular flexibility index (Phi) is 8.93. The van der Waals surface area contributed by atoms with Crippen LogP contribution in [-0.4, -0.2) is 72.1 Å². The Morgan fingerprint density at radius 3 is 2.17 bits per heavy atom. The van der Waals surface area contributed by atoms with Crippen molar-refractivity contribution < 1.29 is 52.5 Å². The van der Waals surface area contributed by atoms with E-state index in [0.29, 0.717) is 6.42 Å². The molecule has 0 saturated carbocycles. The first kappa shape index (κ1) is 30.2. The molecule has 1 N–H and O–H groups in total. The molecule has 2 heterocycles. The molecule has 12 nitrogen and oxygen atoms in total. The summed E-state index contributed by atoms with van der Waals surface area (Å²) in [6, 6.07) is 7.73. The number of amides is 1. The van der Waals surface area contributed by atoms with E-state index in [-0.39, 0.29) is 16.9 Å². The average Bonchev–Trinajstić information content (AvgIpc) is 3.31. The van der Waals surface area contributed by atoms with Gasteiger partial charge in [-0.15, -0.1) is 0 Å². The fraction of sp³-hybridized carbons (Fsp3) is 0.429. The van der Waals surface area contributed by atoms with Gasteiger partial charge in [-0.3, -0.25) is 28.8 Å². The Balaban J connectivity index is 2.19. The first-order valence-corrected chi connectivity index (χ1v) is 12.5. The predicted molar refractivity (Wildman–Crippen MR) is 136 cm³/mol. The van der Waals surface area contributed by atoms with Crippen molar-refractivity contribution in [3.05, 3.63) is 59.4 Å². The topological polar surface area (TPSA) is 161 Å². The summed E-state index contributed by atoms with van der Waals surface area (Å²) in [7, 11) is 1.10. The fourth-order valence-electron chi connectivity index (χ4n) is 4.69. The molecule has 214 valence electrons. The summed E-state index contributed by atoms with van der Waals surface area (Å²) in [6.07, 6.45) is -1.07. The highest BCUT2D eigenvalue weighted by molar-refractivity contribution is 6.23. The molecule has 40 heavy (non-hydrogen) atoms. The molecule has 0 aromatic heterocycles. The Morgan fingerprint density at radius 2 is 1.65 bits per heavy atom. The van der Waals surface area contributed by atoms with Crippen molar-refractivity contribution in [2.45, 2.75) is 70.7 Å². The minimum atomic E-state index is -2.63. The van der Waals surface area contributed by atoms with Crippen molar-refractivity contribution in [1.82, 2.24) is 5.32 Å². The van der Waals surface area contributed by atoms with Crippen molar-refractivity contribution in [2.24, 2.45) is 0 Å². The smallest absolute Gasteiger partial charge is 0.303 e. The minimum absolute atomic E-state index is 0.0895. The van der Waals surface area contributed by atoms with Crippen LogP contribution in [0.4, 0.5) is 0 Å². The van der Waals surface area contributed by atoms with Crippen molar-refractivity contribution in [3.8, 4) is 0 Å². The number of hydrogen-bond donors (Lipinski definition) is 1. The van der Waals surface area contributed by atoms with E-state index >= 15 is 0 Å². The van der Waals surface area contributed by atoms with E-state index in [9.17, 15) is 28.8 Å². The number of carbonyl (C=O) groups excluding carboxylic acids is 6. The van der Waals surface area contributed by atoms with E-state index in [1.165, 1.54) is 25.1 Å². The summed E-state index contributed by atoms with van der Waals surface area (Å²) in [4.78, 5) is 77.5. The third-order valence-electron chi connectivity index (χ3n) is 6.39. The average molecular weight is 558 g/mol. The molecule has 0 aliphatic carbocycles. The van der Waals surface area contributed by atoms with Crippen LogP contribution < -0.4 is 5.32 Å². The number of Topliss-reactive ketones (excluding diaryl/α,β-unsaturated/α-hetero) is 2. The SMILES string of the molecule is CCC=C[C@H](OC(C)=O)[C@H](OC(C)=O)C1=C(C)C(=O)[C@]2(O1)C(=O)N[C@@](OC)(C(=O)c1ccccc1)[C@@H]2OC(C)=O. The van der Waals surface area contributed by atoms with E-state index in [0.717, 1.165) is 27.9 Å². The summed E-state index contributed by atoms with van der Waals surface area (Å²) < 4.78 is 27.7. The Labute approximate surface area is 230 Å². The van der Waals surface area contributed by atoms with Crippen LogP contribution in [0.3, 0.4) is 0 Å². The molecule has 2 aliphatic rings. The molecule has 1 saturated heterocycles. The Hall–Kier alpha value is -4.32. The van der Waals surface area contributed by atoms with Gasteiger partial charge in [0.2, 0.25) is 23.4 Å². The van der Waals surface area contributed by atoms with Crippen LogP contribution in [0.15, 0.2) is 53.8 Å². The molecule has 2 aliphatic heterocycles. The third-order valence-corrected chi connectivity index (χ3v) is 6.39. The number of carbonyl (C=O) groups is 6. The number of esters is 3. The first-order valence-electron chi connectivity index (χ1n) is 12.5. The second-order valence-electron chi connectivity index (χ2n) is 9.18. The van der Waals surface area contributed by atoms with Crippen molar-refractivity contribution in [3.63, 3.8) is 0 Å². The van der Waals surface area contributed by atoms with Crippen molar-refractivity contribution in [2.75, 3.05) is 7.11 Å². The van der Waals surface area contributed by atoms with Gasteiger partial charge >= 0.3 is 17.9 Å². The highest BCUT2D eigenvalue weighted by Crippen LogP contribution is 2.46. The molecule has 1 fully saturated rings. The molecule has 12 heteroatoms. The number of ketones is 2. The second kappa shape index (κ2) is 11.8. The van der Waals surface area contributed by atoms with Crippen molar-refractivity contribution in [1.29, 1.82) is 0 Å². The van der Waals surface area contributed by atoms with E-state index < -0.39 is 65.0 Å². The van der Waals surface area contributed by atoms with Crippen LogP contribution in [0, 0.1) is 0 Å². The standard InChI is InChI=1S/C28H31NO11/c1-7-8-14-20(37-16(3)30)22(38-17(4)31)21-15(2)23(33)27(40-21)25(39-18(5)32)28(36-6,29-26(27)35)24(34)19-12-10-9-11-13-19/h8-14,20,22,25H,7H2,1-6H3,(H,29,35)/t20-,22-,25+,27+,28+/m0/s1. The number of hydrogen-bond acceptors (Lipinski definition) is 11. The summed E-state index contributed by atoms with van der Waals surface area (Å²) >= 11 is 0. The van der Waals surface area contributed by atoms with Crippen LogP contribution >= 0.6 is 0 Å². The molecular weight excluding hydrogens is 526 g/mol. The van der Waals surface area contributed by atoms with Gasteiger partial charge in [-0.2, -0.15) is 0 Å². The maximum Gasteiger partial charge on any atom is 0.303 e. The predicted octanol–water partition coefficient (Wildman–Crippen LogP) is 1.72. The Morgan fingerprint density at radius 1 is 1.02 bits per heavy atom. The maximum absolute atomic E-state index is 13.9. The number of ether oxygens (including phenoxy) is 5. The van der Waals surface area contributed by atoms with E-state index in [2.05, 4.69) is 5.32 Å². The normalized spacial score (nSPS) is 25.4. The van der Waals surface area contributed by atoms with Crippen LogP contribution in [0.2, 0.25) is 0 Å². The van der Waals surface area contributed by atoms with E-state index in [4.69, 9.17) is 23.7 Å². The number of rotatable bonds is 10. The summed E-state index contributed by atoms with van der Waals surface area (Å²) in [5.41, 5.74) is -5.07. The van der Waals surface area contributed by atoms with Gasteiger partial charge in [-0.1, -0.05) is 43.3 Å². The summed E-state index contributed by atoms with van der Waals surface area (Å²) in [6.45, 7) is 6.39. The van der Waals surface area contributed by atoms with Gasteiger partial charge in [0.1, 0.15) is 0 Å². The second-order valence-corrected chi connectivity index (χ2v) is 9.18. The molecule has 5 atom stereocenters. The van der Waals surface area contributed by atoms with E-state index in [1.807, 2.05) is 6.92 Å². The molecule has 0 bridgehead atoms. The van der Waals surface area contributed by atoms with Crippen LogP contribution in [-0.2, 0) is 47.7 Å². The lowest BCUT2D eigenvalue weighted by atomic mass is 9.84. The van der Waals surface area contributed by atoms with Gasteiger partial charge in [0, 0.05) is 39.0 Å². The highest BCUT2D eigenvalue weighted by Gasteiger charge is 2.76. The molecular formula is C28H31NO11. The van der Waals surface area contributed by atoms with Crippen LogP contribution in [0.25, 0.3) is 0 Å². The zero-order chi connectivity index (χ0) is 29.8. The zero-order valence-corrected chi connectivity index (χ0v) is 23.0. The van der Waals surface area contributed by atoms with Gasteiger partial charge in [0.05, 0.1) is 0 Å². The monoisotopic (exact) mass is 557 g/mol. The van der Waals surface area contributed by atoms with E-state index in [1.54, 1.807) is 24.3 Å². The van der Waals surface area contributed by atoms with Gasteiger partial charge < -0.3 is 29.0 Å². The van der Waals surface area contributed by atoms with Gasteiger partial charge in [0.15, 0.2) is 18.0 Å². The molecule has 1 aromatic carbocycles. The number of benzene rings is 1. The Bertz CT molecular complexity index is 1280.